The minimum absolute atomic E-state index is 0.180. The van der Waals surface area contributed by atoms with Gasteiger partial charge in [-0.1, -0.05) is 11.6 Å². The van der Waals surface area contributed by atoms with E-state index in [2.05, 4.69) is 4.84 Å². The molecule has 0 spiro atoms. The number of rotatable bonds is 4. The monoisotopic (exact) mass is 217 g/mol. The van der Waals surface area contributed by atoms with Crippen LogP contribution in [0.15, 0.2) is 12.1 Å². The highest BCUT2D eigenvalue weighted by atomic mass is 19.3. The number of nitrogens with two attached hydrogens (primary N) is 1. The van der Waals surface area contributed by atoms with Gasteiger partial charge < -0.3 is 9.94 Å². The lowest BCUT2D eigenvalue weighted by molar-refractivity contribution is 0.138. The van der Waals surface area contributed by atoms with Crippen molar-refractivity contribution in [2.45, 2.75) is 19.8 Å². The van der Waals surface area contributed by atoms with Gasteiger partial charge in [0, 0.05) is 6.42 Å². The van der Waals surface area contributed by atoms with Gasteiger partial charge in [0.1, 0.15) is 5.75 Å². The van der Waals surface area contributed by atoms with Crippen LogP contribution in [0.5, 0.6) is 5.75 Å². The average molecular weight is 217 g/mol. The van der Waals surface area contributed by atoms with Crippen LogP contribution in [0.25, 0.3) is 0 Å². The van der Waals surface area contributed by atoms with Gasteiger partial charge in [-0.15, -0.1) is 0 Å². The number of phenols is 1. The first-order valence-corrected chi connectivity index (χ1v) is 4.48. The molecular weight excluding hydrogens is 204 g/mol. The lowest BCUT2D eigenvalue weighted by Gasteiger charge is -2.10. The molecule has 15 heavy (non-hydrogen) atoms. The van der Waals surface area contributed by atoms with E-state index in [-0.39, 0.29) is 17.9 Å². The van der Waals surface area contributed by atoms with E-state index in [4.69, 9.17) is 5.90 Å². The highest BCUT2D eigenvalue weighted by Gasteiger charge is 2.16. The topological polar surface area (TPSA) is 55.5 Å². The maximum Gasteiger partial charge on any atom is 0.267 e. The molecule has 0 amide bonds. The van der Waals surface area contributed by atoms with Crippen molar-refractivity contribution in [3.63, 3.8) is 0 Å². The molecule has 84 valence electrons. The van der Waals surface area contributed by atoms with E-state index < -0.39 is 6.43 Å². The summed E-state index contributed by atoms with van der Waals surface area (Å²) in [6.07, 6.45) is -2.37. The van der Waals surface area contributed by atoms with Crippen LogP contribution in [-0.4, -0.2) is 11.7 Å². The summed E-state index contributed by atoms with van der Waals surface area (Å²) in [6, 6.07) is 2.91. The first-order chi connectivity index (χ1) is 7.06. The van der Waals surface area contributed by atoms with E-state index in [1.54, 1.807) is 13.0 Å². The standard InChI is InChI=1S/C10H13F2NO2/c1-6-4-7(2-3-15-13)9(14)8(5-6)10(11)12/h4-5,10,14H,2-3,13H2,1H3. The predicted octanol–water partition coefficient (Wildman–Crippen LogP) is 2.07. The molecule has 0 radical (unpaired) electrons. The van der Waals surface area contributed by atoms with Crippen LogP contribution < -0.4 is 5.90 Å². The fraction of sp³-hybridized carbons (Fsp3) is 0.400. The van der Waals surface area contributed by atoms with E-state index in [0.717, 1.165) is 0 Å². The van der Waals surface area contributed by atoms with E-state index in [9.17, 15) is 13.9 Å². The number of hydrogen-bond acceptors (Lipinski definition) is 3. The molecule has 0 saturated heterocycles. The third-order valence-electron chi connectivity index (χ3n) is 2.09. The molecule has 0 heterocycles. The molecule has 0 aliphatic carbocycles. The Morgan fingerprint density at radius 1 is 1.47 bits per heavy atom. The van der Waals surface area contributed by atoms with Crippen molar-refractivity contribution in [2.75, 3.05) is 6.61 Å². The van der Waals surface area contributed by atoms with Gasteiger partial charge in [-0.05, 0) is 18.6 Å². The second-order valence-electron chi connectivity index (χ2n) is 3.28. The molecule has 0 aliphatic rings. The van der Waals surface area contributed by atoms with Crippen molar-refractivity contribution in [1.82, 2.24) is 0 Å². The van der Waals surface area contributed by atoms with Crippen LogP contribution in [-0.2, 0) is 11.3 Å². The van der Waals surface area contributed by atoms with Crippen molar-refractivity contribution < 1.29 is 18.7 Å². The SMILES string of the molecule is Cc1cc(CCON)c(O)c(C(F)F)c1. The quantitative estimate of drug-likeness (QED) is 0.759. The summed E-state index contributed by atoms with van der Waals surface area (Å²) >= 11 is 0. The van der Waals surface area contributed by atoms with Crippen molar-refractivity contribution in [1.29, 1.82) is 0 Å². The van der Waals surface area contributed by atoms with Crippen LogP contribution >= 0.6 is 0 Å². The van der Waals surface area contributed by atoms with E-state index >= 15 is 0 Å². The first-order valence-electron chi connectivity index (χ1n) is 4.48. The molecule has 3 N–H and O–H groups in total. The largest absolute Gasteiger partial charge is 0.507 e. The third kappa shape index (κ3) is 2.87. The molecule has 1 rings (SSSR count). The molecule has 0 fully saturated rings. The maximum absolute atomic E-state index is 12.5. The van der Waals surface area contributed by atoms with Crippen molar-refractivity contribution in [3.05, 3.63) is 28.8 Å². The second kappa shape index (κ2) is 5.04. The Morgan fingerprint density at radius 2 is 2.13 bits per heavy atom. The highest BCUT2D eigenvalue weighted by molar-refractivity contribution is 5.44. The first kappa shape index (κ1) is 11.9. The van der Waals surface area contributed by atoms with Gasteiger partial charge in [0.05, 0.1) is 12.2 Å². The molecule has 0 bridgehead atoms. The Balaban J connectivity index is 3.05. The van der Waals surface area contributed by atoms with Crippen LogP contribution in [0.3, 0.4) is 0 Å². The average Bonchev–Trinajstić information content (AvgIpc) is 2.18. The Kier molecular flexibility index (Phi) is 3.99. The summed E-state index contributed by atoms with van der Waals surface area (Å²) in [7, 11) is 0. The van der Waals surface area contributed by atoms with Crippen molar-refractivity contribution in [3.8, 4) is 5.75 Å². The molecule has 3 nitrogen and oxygen atoms in total. The third-order valence-corrected chi connectivity index (χ3v) is 2.09. The lowest BCUT2D eigenvalue weighted by Crippen LogP contribution is -2.04. The zero-order valence-corrected chi connectivity index (χ0v) is 8.34. The van der Waals surface area contributed by atoms with Gasteiger partial charge in [-0.25, -0.2) is 14.7 Å². The van der Waals surface area contributed by atoms with Gasteiger partial charge in [0.25, 0.3) is 6.43 Å². The van der Waals surface area contributed by atoms with Gasteiger partial charge in [-0.3, -0.25) is 0 Å². The molecule has 0 aliphatic heterocycles. The zero-order valence-electron chi connectivity index (χ0n) is 8.34. The molecule has 0 aromatic heterocycles. The lowest BCUT2D eigenvalue weighted by atomic mass is 10.0. The highest BCUT2D eigenvalue weighted by Crippen LogP contribution is 2.32. The second-order valence-corrected chi connectivity index (χ2v) is 3.28. The molecular formula is C10H13F2NO2. The Labute approximate surface area is 86.4 Å². The van der Waals surface area contributed by atoms with E-state index in [0.29, 0.717) is 17.5 Å². The normalized spacial score (nSPS) is 11.0. The number of hydrogen-bond donors (Lipinski definition) is 2. The van der Waals surface area contributed by atoms with Crippen LogP contribution in [0, 0.1) is 6.92 Å². The zero-order chi connectivity index (χ0) is 11.4. The Morgan fingerprint density at radius 3 is 2.67 bits per heavy atom. The number of aryl methyl sites for hydroxylation is 1. The fourth-order valence-electron chi connectivity index (χ4n) is 1.41. The van der Waals surface area contributed by atoms with Gasteiger partial charge in [-0.2, -0.15) is 0 Å². The van der Waals surface area contributed by atoms with Crippen LogP contribution in [0.4, 0.5) is 8.78 Å². The summed E-state index contributed by atoms with van der Waals surface area (Å²) < 4.78 is 25.0. The van der Waals surface area contributed by atoms with E-state index in [1.807, 2.05) is 0 Å². The van der Waals surface area contributed by atoms with Crippen LogP contribution in [0.1, 0.15) is 23.1 Å². The number of halogens is 2. The minimum Gasteiger partial charge on any atom is -0.507 e. The minimum atomic E-state index is -2.68. The summed E-state index contributed by atoms with van der Waals surface area (Å²) in [6.45, 7) is 1.87. The molecule has 0 unspecified atom stereocenters. The fourth-order valence-corrected chi connectivity index (χ4v) is 1.41. The number of benzene rings is 1. The number of alkyl halides is 2. The van der Waals surface area contributed by atoms with Gasteiger partial charge in [0.2, 0.25) is 0 Å². The molecule has 5 heteroatoms. The molecule has 1 aromatic rings. The van der Waals surface area contributed by atoms with Crippen molar-refractivity contribution in [2.24, 2.45) is 5.90 Å². The summed E-state index contributed by atoms with van der Waals surface area (Å²) in [5, 5.41) is 9.53. The summed E-state index contributed by atoms with van der Waals surface area (Å²) in [5.41, 5.74) is 0.757. The smallest absolute Gasteiger partial charge is 0.267 e. The molecule has 0 atom stereocenters. The summed E-state index contributed by atoms with van der Waals surface area (Å²) in [5.74, 6) is 4.46. The predicted molar refractivity (Wildman–Crippen MR) is 51.6 cm³/mol. The molecule has 1 aromatic carbocycles. The Bertz CT molecular complexity index is 342. The summed E-state index contributed by atoms with van der Waals surface area (Å²) in [4.78, 5) is 4.34. The molecule has 0 saturated carbocycles. The maximum atomic E-state index is 12.5. The van der Waals surface area contributed by atoms with Crippen LogP contribution in [0.2, 0.25) is 0 Å². The number of aromatic hydroxyl groups is 1. The van der Waals surface area contributed by atoms with Crippen molar-refractivity contribution >= 4 is 0 Å². The Hall–Kier alpha value is -1.20. The van der Waals surface area contributed by atoms with Gasteiger partial charge >= 0.3 is 0 Å². The van der Waals surface area contributed by atoms with Gasteiger partial charge in [0.15, 0.2) is 0 Å². The number of phenolic OH excluding ortho intramolecular Hbond substituents is 1. The van der Waals surface area contributed by atoms with E-state index in [1.165, 1.54) is 6.07 Å².